The summed E-state index contributed by atoms with van der Waals surface area (Å²) in [5.41, 5.74) is 0.652. The van der Waals surface area contributed by atoms with E-state index in [4.69, 9.17) is 4.99 Å². The van der Waals surface area contributed by atoms with Gasteiger partial charge in [-0.1, -0.05) is 20.8 Å². The highest BCUT2D eigenvalue weighted by atomic mass is 15.4. The second-order valence-electron chi connectivity index (χ2n) is 7.27. The molecule has 0 aromatic heterocycles. The first-order valence-corrected chi connectivity index (χ1v) is 5.81. The van der Waals surface area contributed by atoms with Gasteiger partial charge in [-0.15, -0.1) is 0 Å². The maximum absolute atomic E-state index is 4.75. The Labute approximate surface area is 94.8 Å². The topological polar surface area (TPSA) is 15.4 Å². The van der Waals surface area contributed by atoms with Gasteiger partial charge in [0.2, 0.25) is 0 Å². The maximum atomic E-state index is 4.75. The molecule has 0 spiro atoms. The van der Waals surface area contributed by atoms with Crippen molar-refractivity contribution in [2.75, 3.05) is 6.54 Å². The Balaban J connectivity index is 2.75. The van der Waals surface area contributed by atoms with E-state index in [0.29, 0.717) is 0 Å². The van der Waals surface area contributed by atoms with Gasteiger partial charge in [0.25, 0.3) is 0 Å². The van der Waals surface area contributed by atoms with Crippen LogP contribution in [0.3, 0.4) is 0 Å². The van der Waals surface area contributed by atoms with Crippen molar-refractivity contribution in [2.45, 2.75) is 66.5 Å². The summed E-state index contributed by atoms with van der Waals surface area (Å²) in [6.07, 6.45) is 0. The first-order valence-electron chi connectivity index (χ1n) is 5.81. The molecule has 0 aliphatic carbocycles. The molecule has 1 aliphatic rings. The molecule has 1 heterocycles. The second kappa shape index (κ2) is 3.23. The van der Waals surface area contributed by atoms with Crippen LogP contribution in [-0.2, 0) is 0 Å². The predicted molar refractivity (Wildman–Crippen MR) is 67.4 cm³/mol. The first kappa shape index (κ1) is 12.5. The molecule has 1 aliphatic heterocycles. The van der Waals surface area contributed by atoms with Crippen LogP contribution in [0, 0.1) is 5.41 Å². The fraction of sp³-hybridized carbons (Fsp3) is 0.923. The minimum absolute atomic E-state index is 0.170. The van der Waals surface area contributed by atoms with Gasteiger partial charge in [0.15, 0.2) is 0 Å². The molecule has 2 heteroatoms. The predicted octanol–water partition coefficient (Wildman–Crippen LogP) is 3.32. The molecule has 1 fully saturated rings. The van der Waals surface area contributed by atoms with Gasteiger partial charge in [0, 0.05) is 12.1 Å². The molecule has 1 saturated heterocycles. The Bertz CT molecular complexity index is 274. The van der Waals surface area contributed by atoms with E-state index in [1.807, 2.05) is 0 Å². The fourth-order valence-corrected chi connectivity index (χ4v) is 2.13. The van der Waals surface area contributed by atoms with Gasteiger partial charge in [-0.05, 0) is 40.0 Å². The molecule has 1 rings (SSSR count). The molecule has 2 nitrogen and oxygen atoms in total. The van der Waals surface area contributed by atoms with Gasteiger partial charge < -0.3 is 4.90 Å². The maximum Gasteiger partial charge on any atom is 0.126 e. The molecule has 0 saturated carbocycles. The molecule has 0 aromatic carbocycles. The van der Waals surface area contributed by atoms with E-state index in [2.05, 4.69) is 60.3 Å². The van der Waals surface area contributed by atoms with Crippen molar-refractivity contribution >= 4 is 5.84 Å². The van der Waals surface area contributed by atoms with E-state index in [9.17, 15) is 0 Å². The molecule has 15 heavy (non-hydrogen) atoms. The lowest BCUT2D eigenvalue weighted by Gasteiger charge is -2.23. The molecule has 88 valence electrons. The minimum atomic E-state index is 0.170. The van der Waals surface area contributed by atoms with Gasteiger partial charge in [-0.2, -0.15) is 0 Å². The third-order valence-electron chi connectivity index (χ3n) is 2.64. The number of amidine groups is 1. The lowest BCUT2D eigenvalue weighted by molar-refractivity contribution is 0.272. The van der Waals surface area contributed by atoms with E-state index >= 15 is 0 Å². The summed E-state index contributed by atoms with van der Waals surface area (Å²) in [5, 5.41) is 0. The summed E-state index contributed by atoms with van der Waals surface area (Å²) in [7, 11) is 0. The molecular formula is C13H26N2. The number of hydrogen-bond acceptors (Lipinski definition) is 1. The Morgan fingerprint density at radius 3 is 1.80 bits per heavy atom. The van der Waals surface area contributed by atoms with Gasteiger partial charge in [-0.25, -0.2) is 0 Å². The Morgan fingerprint density at radius 1 is 1.07 bits per heavy atom. The summed E-state index contributed by atoms with van der Waals surface area (Å²) in [4.78, 5) is 7.16. The van der Waals surface area contributed by atoms with Crippen LogP contribution in [0.15, 0.2) is 4.99 Å². The van der Waals surface area contributed by atoms with Gasteiger partial charge in [0.1, 0.15) is 5.84 Å². The molecule has 0 radical (unpaired) electrons. The van der Waals surface area contributed by atoms with Crippen molar-refractivity contribution < 1.29 is 0 Å². The third-order valence-corrected chi connectivity index (χ3v) is 2.64. The first-order chi connectivity index (χ1) is 6.46. The van der Waals surface area contributed by atoms with Gasteiger partial charge >= 0.3 is 0 Å². The molecule has 0 bridgehead atoms. The zero-order valence-corrected chi connectivity index (χ0v) is 11.6. The van der Waals surface area contributed by atoms with Crippen LogP contribution in [0.4, 0.5) is 0 Å². The van der Waals surface area contributed by atoms with Crippen molar-refractivity contribution in [3.63, 3.8) is 0 Å². The Morgan fingerprint density at radius 2 is 1.53 bits per heavy atom. The Kier molecular flexibility index (Phi) is 2.70. The highest BCUT2D eigenvalue weighted by Crippen LogP contribution is 2.42. The molecule has 0 unspecified atom stereocenters. The molecule has 0 atom stereocenters. The minimum Gasteiger partial charge on any atom is -0.341 e. The van der Waals surface area contributed by atoms with Crippen LogP contribution in [0.2, 0.25) is 0 Å². The highest BCUT2D eigenvalue weighted by molar-refractivity contribution is 6.06. The summed E-state index contributed by atoms with van der Waals surface area (Å²) >= 11 is 0. The van der Waals surface area contributed by atoms with Crippen molar-refractivity contribution in [1.82, 2.24) is 4.90 Å². The average Bonchev–Trinajstić information content (AvgIpc) is 2.46. The normalized spacial score (nSPS) is 23.5. The molecular weight excluding hydrogens is 184 g/mol. The van der Waals surface area contributed by atoms with Gasteiger partial charge in [0.05, 0.1) is 5.54 Å². The van der Waals surface area contributed by atoms with Crippen LogP contribution in [0.25, 0.3) is 0 Å². The van der Waals surface area contributed by atoms with Crippen LogP contribution >= 0.6 is 0 Å². The number of hydrogen-bond donors (Lipinski definition) is 0. The van der Waals surface area contributed by atoms with E-state index in [1.54, 1.807) is 0 Å². The van der Waals surface area contributed by atoms with Crippen molar-refractivity contribution in [3.8, 4) is 0 Å². The van der Waals surface area contributed by atoms with E-state index in [1.165, 1.54) is 5.84 Å². The Hall–Kier alpha value is -0.530. The van der Waals surface area contributed by atoms with Crippen LogP contribution < -0.4 is 0 Å². The summed E-state index contributed by atoms with van der Waals surface area (Å²) in [6, 6.07) is 0. The largest absolute Gasteiger partial charge is 0.341 e. The van der Waals surface area contributed by atoms with Crippen molar-refractivity contribution in [1.29, 1.82) is 0 Å². The number of nitrogens with zero attached hydrogens (tertiary/aromatic N) is 2. The van der Waals surface area contributed by atoms with E-state index in [-0.39, 0.29) is 16.5 Å². The van der Waals surface area contributed by atoms with Crippen molar-refractivity contribution in [3.05, 3.63) is 0 Å². The quantitative estimate of drug-likeness (QED) is 0.606. The SMILES string of the molecule is CC(C)(C)CN=C1N(C(C)(C)C)C1(C)C. The molecule has 0 N–H and O–H groups in total. The third kappa shape index (κ3) is 2.73. The zero-order chi connectivity index (χ0) is 12.1. The van der Waals surface area contributed by atoms with E-state index in [0.717, 1.165) is 6.54 Å². The summed E-state index contributed by atoms with van der Waals surface area (Å²) < 4.78 is 0. The summed E-state index contributed by atoms with van der Waals surface area (Å²) in [6.45, 7) is 18.8. The number of rotatable bonds is 1. The smallest absolute Gasteiger partial charge is 0.126 e. The van der Waals surface area contributed by atoms with E-state index < -0.39 is 0 Å². The molecule has 0 amide bonds. The zero-order valence-electron chi connectivity index (χ0n) is 11.6. The van der Waals surface area contributed by atoms with Crippen molar-refractivity contribution in [2.24, 2.45) is 10.4 Å². The van der Waals surface area contributed by atoms with Crippen LogP contribution in [0.5, 0.6) is 0 Å². The average molecular weight is 210 g/mol. The lowest BCUT2D eigenvalue weighted by atomic mass is 9.97. The van der Waals surface area contributed by atoms with Gasteiger partial charge in [-0.3, -0.25) is 4.99 Å². The number of aliphatic imine (C=N–C) groups is 1. The lowest BCUT2D eigenvalue weighted by Crippen LogP contribution is -2.30. The highest BCUT2D eigenvalue weighted by Gasteiger charge is 2.56. The molecule has 0 aromatic rings. The van der Waals surface area contributed by atoms with Crippen LogP contribution in [0.1, 0.15) is 55.4 Å². The second-order valence-corrected chi connectivity index (χ2v) is 7.27. The summed E-state index contributed by atoms with van der Waals surface area (Å²) in [5.74, 6) is 1.27. The van der Waals surface area contributed by atoms with Crippen LogP contribution in [-0.4, -0.2) is 28.4 Å². The standard InChI is InChI=1S/C13H26N2/c1-11(2,3)9-14-10-13(7,8)15(10)12(4,5)6/h9H2,1-8H3. The monoisotopic (exact) mass is 210 g/mol. The fourth-order valence-electron chi connectivity index (χ4n) is 2.13.